The summed E-state index contributed by atoms with van der Waals surface area (Å²) in [6, 6.07) is 13.9. The van der Waals surface area contributed by atoms with Gasteiger partial charge in [0.1, 0.15) is 6.61 Å². The zero-order valence-corrected chi connectivity index (χ0v) is 13.5. The number of ether oxygens (including phenoxy) is 1. The minimum atomic E-state index is -4.32. The number of halogens is 3. The number of hydrogen-bond acceptors (Lipinski definition) is 3. The second kappa shape index (κ2) is 8.53. The van der Waals surface area contributed by atoms with Crippen molar-refractivity contribution in [3.63, 3.8) is 0 Å². The fraction of sp³-hybridized carbons (Fsp3) is 0.278. The minimum Gasteiger partial charge on any atom is -0.399 e. The largest absolute Gasteiger partial charge is 0.411 e. The lowest BCUT2D eigenvalue weighted by Crippen LogP contribution is -2.24. The highest BCUT2D eigenvalue weighted by Gasteiger charge is 2.27. The van der Waals surface area contributed by atoms with E-state index in [9.17, 15) is 18.0 Å². The first-order chi connectivity index (χ1) is 11.8. The van der Waals surface area contributed by atoms with Gasteiger partial charge in [0, 0.05) is 12.2 Å². The van der Waals surface area contributed by atoms with Gasteiger partial charge in [-0.25, -0.2) is 0 Å². The highest BCUT2D eigenvalue weighted by Crippen LogP contribution is 2.16. The Kier molecular flexibility index (Phi) is 6.41. The maximum Gasteiger partial charge on any atom is 0.411 e. The van der Waals surface area contributed by atoms with E-state index in [4.69, 9.17) is 5.73 Å². The number of nitrogen functional groups attached to an aromatic ring is 1. The summed E-state index contributed by atoms with van der Waals surface area (Å²) in [6.45, 7) is -1.03. The van der Waals surface area contributed by atoms with Crippen molar-refractivity contribution in [2.45, 2.75) is 25.7 Å². The first kappa shape index (κ1) is 18.8. The normalized spacial score (nSPS) is 11.3. The molecule has 1 amide bonds. The topological polar surface area (TPSA) is 64.4 Å². The van der Waals surface area contributed by atoms with Crippen molar-refractivity contribution in [3.05, 3.63) is 65.2 Å². The maximum atomic E-state index is 12.0. The smallest absolute Gasteiger partial charge is 0.399 e. The summed E-state index contributed by atoms with van der Waals surface area (Å²) in [5.74, 6) is -0.123. The van der Waals surface area contributed by atoms with Gasteiger partial charge in [0.2, 0.25) is 5.91 Å². The summed E-state index contributed by atoms with van der Waals surface area (Å²) in [4.78, 5) is 11.9. The predicted octanol–water partition coefficient (Wildman–Crippen LogP) is 3.21. The molecule has 0 aliphatic rings. The molecule has 2 rings (SSSR count). The van der Waals surface area contributed by atoms with Gasteiger partial charge < -0.3 is 15.8 Å². The number of benzene rings is 2. The van der Waals surface area contributed by atoms with Crippen LogP contribution in [-0.4, -0.2) is 18.7 Å². The van der Waals surface area contributed by atoms with Gasteiger partial charge in [-0.15, -0.1) is 0 Å². The summed E-state index contributed by atoms with van der Waals surface area (Å²) in [7, 11) is 0. The minimum absolute atomic E-state index is 0.108. The number of hydrogen-bond donors (Lipinski definition) is 2. The number of carbonyl (C=O) groups is 1. The van der Waals surface area contributed by atoms with Gasteiger partial charge in [-0.05, 0) is 28.8 Å². The van der Waals surface area contributed by atoms with E-state index >= 15 is 0 Å². The van der Waals surface area contributed by atoms with Gasteiger partial charge in [0.15, 0.2) is 0 Å². The van der Waals surface area contributed by atoms with Gasteiger partial charge in [0.05, 0.1) is 13.0 Å². The van der Waals surface area contributed by atoms with Crippen molar-refractivity contribution in [2.24, 2.45) is 0 Å². The zero-order valence-electron chi connectivity index (χ0n) is 13.5. The Morgan fingerprint density at radius 1 is 0.960 bits per heavy atom. The highest BCUT2D eigenvalue weighted by atomic mass is 19.4. The third-order valence-electron chi connectivity index (χ3n) is 3.39. The van der Waals surface area contributed by atoms with E-state index in [2.05, 4.69) is 10.1 Å². The van der Waals surface area contributed by atoms with Crippen LogP contribution in [0.2, 0.25) is 0 Å². The Balaban J connectivity index is 1.75. The Morgan fingerprint density at radius 3 is 2.12 bits per heavy atom. The first-order valence-electron chi connectivity index (χ1n) is 7.65. The monoisotopic (exact) mass is 352 g/mol. The number of nitrogens with two attached hydrogens (primary N) is 1. The van der Waals surface area contributed by atoms with Crippen molar-refractivity contribution in [2.75, 3.05) is 12.3 Å². The van der Waals surface area contributed by atoms with E-state index in [0.29, 0.717) is 17.8 Å². The average molecular weight is 352 g/mol. The van der Waals surface area contributed by atoms with E-state index in [1.807, 2.05) is 0 Å². The second-order valence-electron chi connectivity index (χ2n) is 5.62. The summed E-state index contributed by atoms with van der Waals surface area (Å²) >= 11 is 0. The molecule has 3 N–H and O–H groups in total. The van der Waals surface area contributed by atoms with Crippen LogP contribution in [0.3, 0.4) is 0 Å². The van der Waals surface area contributed by atoms with Crippen LogP contribution in [0.4, 0.5) is 18.9 Å². The third kappa shape index (κ3) is 7.26. The fourth-order valence-corrected chi connectivity index (χ4v) is 2.12. The molecular formula is C18H19F3N2O2. The molecule has 0 aliphatic heterocycles. The number of carbonyl (C=O) groups excluding carboxylic acids is 1. The molecule has 2 aromatic carbocycles. The molecule has 0 saturated heterocycles. The van der Waals surface area contributed by atoms with Crippen LogP contribution < -0.4 is 11.1 Å². The number of nitrogens with one attached hydrogen (secondary N) is 1. The van der Waals surface area contributed by atoms with E-state index < -0.39 is 12.8 Å². The zero-order chi connectivity index (χ0) is 18.3. The van der Waals surface area contributed by atoms with Crippen molar-refractivity contribution in [1.29, 1.82) is 0 Å². The number of anilines is 1. The average Bonchev–Trinajstić information content (AvgIpc) is 2.55. The van der Waals surface area contributed by atoms with Crippen LogP contribution >= 0.6 is 0 Å². The summed E-state index contributed by atoms with van der Waals surface area (Å²) in [6.07, 6.45) is -4.07. The molecule has 0 unspecified atom stereocenters. The third-order valence-corrected chi connectivity index (χ3v) is 3.39. The van der Waals surface area contributed by atoms with Crippen LogP contribution in [0, 0.1) is 0 Å². The SMILES string of the molecule is Nc1ccc(CC(=O)NCc2ccc(COCC(F)(F)F)cc2)cc1. The molecule has 0 heterocycles. The molecule has 0 atom stereocenters. The van der Waals surface area contributed by atoms with Gasteiger partial charge in [0.25, 0.3) is 0 Å². The van der Waals surface area contributed by atoms with E-state index in [1.54, 1.807) is 48.5 Å². The molecule has 7 heteroatoms. The lowest BCUT2D eigenvalue weighted by Gasteiger charge is -2.09. The van der Waals surface area contributed by atoms with Crippen molar-refractivity contribution in [1.82, 2.24) is 5.32 Å². The van der Waals surface area contributed by atoms with Crippen LogP contribution in [-0.2, 0) is 29.1 Å². The van der Waals surface area contributed by atoms with Crippen LogP contribution in [0.1, 0.15) is 16.7 Å². The molecule has 0 aliphatic carbocycles. The Hall–Kier alpha value is -2.54. The Labute approximate surface area is 143 Å². The molecule has 0 spiro atoms. The fourth-order valence-electron chi connectivity index (χ4n) is 2.12. The van der Waals surface area contributed by atoms with Gasteiger partial charge in [-0.2, -0.15) is 13.2 Å². The molecule has 2 aromatic rings. The van der Waals surface area contributed by atoms with Crippen LogP contribution in [0.25, 0.3) is 0 Å². The lowest BCUT2D eigenvalue weighted by molar-refractivity contribution is -0.176. The highest BCUT2D eigenvalue weighted by molar-refractivity contribution is 5.78. The molecule has 25 heavy (non-hydrogen) atoms. The second-order valence-corrected chi connectivity index (χ2v) is 5.62. The van der Waals surface area contributed by atoms with Crippen LogP contribution in [0.15, 0.2) is 48.5 Å². The predicted molar refractivity (Wildman–Crippen MR) is 88.6 cm³/mol. The standard InChI is InChI=1S/C18H19F3N2O2/c19-18(20,21)12-25-11-15-3-1-14(2-4-15)10-23-17(24)9-13-5-7-16(22)8-6-13/h1-8H,9-12,22H2,(H,23,24). The Bertz CT molecular complexity index is 683. The quantitative estimate of drug-likeness (QED) is 0.752. The van der Waals surface area contributed by atoms with E-state index in [1.165, 1.54) is 0 Å². The van der Waals surface area contributed by atoms with Crippen molar-refractivity contribution >= 4 is 11.6 Å². The molecular weight excluding hydrogens is 333 g/mol. The number of amides is 1. The van der Waals surface area contributed by atoms with Gasteiger partial charge >= 0.3 is 6.18 Å². The summed E-state index contributed by atoms with van der Waals surface area (Å²) in [5, 5.41) is 2.79. The number of rotatable bonds is 7. The molecule has 134 valence electrons. The molecule has 0 saturated carbocycles. The molecule has 0 bridgehead atoms. The Morgan fingerprint density at radius 2 is 1.52 bits per heavy atom. The first-order valence-corrected chi connectivity index (χ1v) is 7.65. The summed E-state index contributed by atoms with van der Waals surface area (Å²) < 4.78 is 40.6. The molecule has 0 radical (unpaired) electrons. The van der Waals surface area contributed by atoms with Crippen LogP contribution in [0.5, 0.6) is 0 Å². The van der Waals surface area contributed by atoms with Crippen molar-refractivity contribution in [3.8, 4) is 0 Å². The lowest BCUT2D eigenvalue weighted by atomic mass is 10.1. The molecule has 0 fully saturated rings. The van der Waals surface area contributed by atoms with E-state index in [0.717, 1.165) is 11.1 Å². The van der Waals surface area contributed by atoms with Gasteiger partial charge in [-0.3, -0.25) is 4.79 Å². The maximum absolute atomic E-state index is 12.0. The van der Waals surface area contributed by atoms with E-state index in [-0.39, 0.29) is 18.9 Å². The van der Waals surface area contributed by atoms with Gasteiger partial charge in [-0.1, -0.05) is 36.4 Å². The molecule has 4 nitrogen and oxygen atoms in total. The summed E-state index contributed by atoms with van der Waals surface area (Å²) in [5.41, 5.74) is 8.59. The van der Waals surface area contributed by atoms with Crippen molar-refractivity contribution < 1.29 is 22.7 Å². The molecule has 0 aromatic heterocycles. The number of alkyl halides is 3.